The first-order chi connectivity index (χ1) is 8.56. The minimum atomic E-state index is -0.264. The smallest absolute Gasteiger partial charge is 0.253 e. The third kappa shape index (κ3) is 2.46. The molecule has 1 fully saturated rings. The molecule has 4 N–H and O–H groups in total. The molecular formula is C13H19N3O2. The lowest BCUT2D eigenvalue weighted by molar-refractivity contribution is 0.0902. The van der Waals surface area contributed by atoms with Gasteiger partial charge in [0.15, 0.2) is 0 Å². The average Bonchev–Trinajstić information content (AvgIpc) is 2.78. The normalized spacial score (nSPS) is 17.7. The predicted octanol–water partition coefficient (Wildman–Crippen LogP) is 0.685. The van der Waals surface area contributed by atoms with Gasteiger partial charge in [0.05, 0.1) is 11.1 Å². The number of hydrogen-bond donors (Lipinski definition) is 3. The van der Waals surface area contributed by atoms with Gasteiger partial charge in [0, 0.05) is 18.8 Å². The lowest BCUT2D eigenvalue weighted by Gasteiger charge is -2.28. The average molecular weight is 249 g/mol. The number of nitrogens with two attached hydrogens (primary N) is 1. The fraction of sp³-hybridized carbons (Fsp3) is 0.538. The van der Waals surface area contributed by atoms with Crippen LogP contribution in [0.2, 0.25) is 0 Å². The van der Waals surface area contributed by atoms with Crippen LogP contribution in [0.5, 0.6) is 0 Å². The Morgan fingerprint density at radius 3 is 2.72 bits per heavy atom. The van der Waals surface area contributed by atoms with Crippen LogP contribution in [0.1, 0.15) is 41.6 Å². The third-order valence-electron chi connectivity index (χ3n) is 3.71. The molecule has 0 atom stereocenters. The number of rotatable bonds is 3. The molecule has 18 heavy (non-hydrogen) atoms. The number of aryl methyl sites for hydroxylation is 1. The summed E-state index contributed by atoms with van der Waals surface area (Å²) in [6, 6.07) is 1.43. The van der Waals surface area contributed by atoms with Crippen molar-refractivity contribution in [2.75, 3.05) is 6.54 Å². The summed E-state index contributed by atoms with van der Waals surface area (Å²) in [5, 5.41) is 3.03. The number of aromatic nitrogens is 1. The van der Waals surface area contributed by atoms with Crippen molar-refractivity contribution < 1.29 is 4.79 Å². The van der Waals surface area contributed by atoms with Gasteiger partial charge in [-0.25, -0.2) is 0 Å². The van der Waals surface area contributed by atoms with Crippen LogP contribution in [-0.4, -0.2) is 23.0 Å². The molecule has 1 aromatic heterocycles. The molecule has 0 saturated heterocycles. The van der Waals surface area contributed by atoms with Crippen molar-refractivity contribution in [3.8, 4) is 0 Å². The first-order valence-electron chi connectivity index (χ1n) is 6.28. The second-order valence-electron chi connectivity index (χ2n) is 5.04. The number of nitrogens with one attached hydrogen (secondary N) is 2. The van der Waals surface area contributed by atoms with Gasteiger partial charge in [0.25, 0.3) is 5.91 Å². The summed E-state index contributed by atoms with van der Waals surface area (Å²) in [4.78, 5) is 25.9. The zero-order valence-corrected chi connectivity index (χ0v) is 10.6. The Kier molecular flexibility index (Phi) is 3.52. The van der Waals surface area contributed by atoms with Crippen LogP contribution in [0, 0.1) is 6.92 Å². The summed E-state index contributed by atoms with van der Waals surface area (Å²) in [6.07, 6.45) is 5.52. The minimum absolute atomic E-state index is 0.156. The summed E-state index contributed by atoms with van der Waals surface area (Å²) in [5.74, 6) is -0.156. The van der Waals surface area contributed by atoms with E-state index in [1.54, 1.807) is 6.92 Å². The van der Waals surface area contributed by atoms with Gasteiger partial charge in [-0.3, -0.25) is 9.59 Å². The highest BCUT2D eigenvalue weighted by Gasteiger charge is 2.34. The maximum absolute atomic E-state index is 12.2. The molecule has 0 spiro atoms. The lowest BCUT2D eigenvalue weighted by Crippen LogP contribution is -2.51. The van der Waals surface area contributed by atoms with E-state index in [1.807, 2.05) is 0 Å². The van der Waals surface area contributed by atoms with Gasteiger partial charge in [0.1, 0.15) is 0 Å². The Labute approximate surface area is 106 Å². The molecule has 5 heteroatoms. The van der Waals surface area contributed by atoms with Crippen LogP contribution in [0.25, 0.3) is 0 Å². The van der Waals surface area contributed by atoms with Crippen molar-refractivity contribution in [2.45, 2.75) is 38.1 Å². The SMILES string of the molecule is Cc1cc(=O)[nH]cc1C(=O)NC1(CN)CCCC1. The second-order valence-corrected chi connectivity index (χ2v) is 5.04. The number of aromatic amines is 1. The Morgan fingerprint density at radius 2 is 2.17 bits per heavy atom. The molecule has 1 aromatic rings. The van der Waals surface area contributed by atoms with Crippen LogP contribution >= 0.6 is 0 Å². The Hall–Kier alpha value is -1.62. The van der Waals surface area contributed by atoms with E-state index in [9.17, 15) is 9.59 Å². The van der Waals surface area contributed by atoms with Crippen LogP contribution in [0.4, 0.5) is 0 Å². The highest BCUT2D eigenvalue weighted by molar-refractivity contribution is 5.95. The van der Waals surface area contributed by atoms with Gasteiger partial charge in [-0.2, -0.15) is 0 Å². The highest BCUT2D eigenvalue weighted by Crippen LogP contribution is 2.28. The number of carbonyl (C=O) groups is 1. The van der Waals surface area contributed by atoms with Gasteiger partial charge in [0.2, 0.25) is 5.56 Å². The molecule has 0 bridgehead atoms. The molecule has 1 amide bonds. The van der Waals surface area contributed by atoms with E-state index in [1.165, 1.54) is 12.3 Å². The molecule has 0 aromatic carbocycles. The second kappa shape index (κ2) is 4.94. The lowest BCUT2D eigenvalue weighted by atomic mass is 9.97. The highest BCUT2D eigenvalue weighted by atomic mass is 16.2. The van der Waals surface area contributed by atoms with Crippen molar-refractivity contribution in [2.24, 2.45) is 5.73 Å². The van der Waals surface area contributed by atoms with E-state index in [0.29, 0.717) is 17.7 Å². The van der Waals surface area contributed by atoms with E-state index >= 15 is 0 Å². The topological polar surface area (TPSA) is 88.0 Å². The molecule has 2 rings (SSSR count). The molecule has 98 valence electrons. The first kappa shape index (κ1) is 12.8. The zero-order chi connectivity index (χ0) is 13.2. The van der Waals surface area contributed by atoms with Gasteiger partial charge in [-0.05, 0) is 25.3 Å². The molecule has 1 aliphatic rings. The molecule has 1 aliphatic carbocycles. The summed E-state index contributed by atoms with van der Waals surface area (Å²) >= 11 is 0. The zero-order valence-electron chi connectivity index (χ0n) is 10.6. The maximum atomic E-state index is 12.2. The molecular weight excluding hydrogens is 230 g/mol. The molecule has 5 nitrogen and oxygen atoms in total. The molecule has 1 saturated carbocycles. The summed E-state index contributed by atoms with van der Waals surface area (Å²) in [7, 11) is 0. The van der Waals surface area contributed by atoms with Crippen molar-refractivity contribution in [1.82, 2.24) is 10.3 Å². The molecule has 0 radical (unpaired) electrons. The Balaban J connectivity index is 2.19. The predicted molar refractivity (Wildman–Crippen MR) is 69.5 cm³/mol. The summed E-state index contributed by atoms with van der Waals surface area (Å²) < 4.78 is 0. The van der Waals surface area contributed by atoms with Crippen LogP contribution < -0.4 is 16.6 Å². The van der Waals surface area contributed by atoms with Crippen molar-refractivity contribution in [3.63, 3.8) is 0 Å². The van der Waals surface area contributed by atoms with E-state index in [4.69, 9.17) is 5.73 Å². The minimum Gasteiger partial charge on any atom is -0.345 e. The van der Waals surface area contributed by atoms with Gasteiger partial charge in [-0.1, -0.05) is 12.8 Å². The molecule has 0 aliphatic heterocycles. The number of carbonyl (C=O) groups excluding carboxylic acids is 1. The maximum Gasteiger partial charge on any atom is 0.253 e. The number of hydrogen-bond acceptors (Lipinski definition) is 3. The molecule has 1 heterocycles. The van der Waals surface area contributed by atoms with E-state index < -0.39 is 0 Å². The Bertz CT molecular complexity index is 501. The fourth-order valence-electron chi connectivity index (χ4n) is 2.56. The van der Waals surface area contributed by atoms with Gasteiger partial charge < -0.3 is 16.0 Å². The van der Waals surface area contributed by atoms with Gasteiger partial charge >= 0.3 is 0 Å². The van der Waals surface area contributed by atoms with Crippen LogP contribution in [0.3, 0.4) is 0 Å². The van der Waals surface area contributed by atoms with Crippen LogP contribution in [-0.2, 0) is 0 Å². The largest absolute Gasteiger partial charge is 0.345 e. The number of amides is 1. The quantitative estimate of drug-likeness (QED) is 0.736. The third-order valence-corrected chi connectivity index (χ3v) is 3.71. The molecule has 0 unspecified atom stereocenters. The van der Waals surface area contributed by atoms with Crippen molar-refractivity contribution in [3.05, 3.63) is 33.7 Å². The number of H-pyrrole nitrogens is 1. The standard InChI is InChI=1S/C13H19N3O2/c1-9-6-11(17)15-7-10(9)12(18)16-13(8-14)4-2-3-5-13/h6-7H,2-5,8,14H2,1H3,(H,15,17)(H,16,18). The first-order valence-corrected chi connectivity index (χ1v) is 6.28. The van der Waals surface area contributed by atoms with Crippen LogP contribution in [0.15, 0.2) is 17.1 Å². The number of pyridine rings is 1. The van der Waals surface area contributed by atoms with E-state index in [-0.39, 0.29) is 17.0 Å². The Morgan fingerprint density at radius 1 is 1.50 bits per heavy atom. The fourth-order valence-corrected chi connectivity index (χ4v) is 2.56. The van der Waals surface area contributed by atoms with E-state index in [2.05, 4.69) is 10.3 Å². The van der Waals surface area contributed by atoms with Gasteiger partial charge in [-0.15, -0.1) is 0 Å². The summed E-state index contributed by atoms with van der Waals surface area (Å²) in [5.41, 5.74) is 6.52. The summed E-state index contributed by atoms with van der Waals surface area (Å²) in [6.45, 7) is 2.22. The van der Waals surface area contributed by atoms with Crippen molar-refractivity contribution >= 4 is 5.91 Å². The van der Waals surface area contributed by atoms with Crippen molar-refractivity contribution in [1.29, 1.82) is 0 Å². The van der Waals surface area contributed by atoms with E-state index in [0.717, 1.165) is 25.7 Å². The monoisotopic (exact) mass is 249 g/mol.